The number of allylic oxidation sites excluding steroid dienone is 2. The Bertz CT molecular complexity index is 615. The van der Waals surface area contributed by atoms with Crippen LogP contribution in [-0.2, 0) is 0 Å². The molecule has 0 aromatic heterocycles. The van der Waals surface area contributed by atoms with Crippen LogP contribution in [0.15, 0.2) is 54.6 Å². The number of alkyl halides is 2. The summed E-state index contributed by atoms with van der Waals surface area (Å²) in [6.45, 7) is 2.25. The second-order valence-corrected chi connectivity index (χ2v) is 9.75. The van der Waals surface area contributed by atoms with E-state index in [-0.39, 0.29) is 5.92 Å². The molecule has 0 saturated heterocycles. The van der Waals surface area contributed by atoms with Crippen molar-refractivity contribution in [2.45, 2.75) is 81.1 Å². The normalized spacial score (nSPS) is 30.1. The largest absolute Gasteiger partial charge is 0.285 e. The highest BCUT2D eigenvalue weighted by atomic mass is 32.2. The van der Waals surface area contributed by atoms with Crippen LogP contribution < -0.4 is 0 Å². The van der Waals surface area contributed by atoms with E-state index in [0.717, 1.165) is 30.5 Å². The molecule has 154 valence electrons. The maximum atomic E-state index is 13.5. The molecule has 1 fully saturated rings. The zero-order chi connectivity index (χ0) is 19.8. The van der Waals surface area contributed by atoms with Crippen molar-refractivity contribution in [3.63, 3.8) is 0 Å². The summed E-state index contributed by atoms with van der Waals surface area (Å²) in [6, 6.07) is 10.3. The lowest BCUT2D eigenvalue weighted by molar-refractivity contribution is 0.231. The molecule has 3 rings (SSSR count). The Morgan fingerprint density at radius 3 is 2.25 bits per heavy atom. The van der Waals surface area contributed by atoms with E-state index in [4.69, 9.17) is 0 Å². The SMILES string of the molecule is CCCCCCC1CCC(C2(SC(F)F)C=CC(c3ccccc3)C=C2)CC1. The molecule has 0 nitrogen and oxygen atoms in total. The molecule has 0 aliphatic heterocycles. The van der Waals surface area contributed by atoms with Crippen LogP contribution in [0.3, 0.4) is 0 Å². The van der Waals surface area contributed by atoms with Gasteiger partial charge in [0.1, 0.15) is 0 Å². The highest BCUT2D eigenvalue weighted by Crippen LogP contribution is 2.49. The lowest BCUT2D eigenvalue weighted by Gasteiger charge is -2.41. The van der Waals surface area contributed by atoms with Gasteiger partial charge in [-0.2, -0.15) is 8.78 Å². The number of unbranched alkanes of at least 4 members (excludes halogenated alkanes) is 3. The maximum absolute atomic E-state index is 13.5. The molecule has 3 heteroatoms. The zero-order valence-corrected chi connectivity index (χ0v) is 17.9. The number of benzene rings is 1. The molecule has 28 heavy (non-hydrogen) atoms. The first-order chi connectivity index (χ1) is 13.6. The molecular formula is C25H34F2S. The summed E-state index contributed by atoms with van der Waals surface area (Å²) in [4.78, 5) is 0. The minimum absolute atomic E-state index is 0.197. The Kier molecular flexibility index (Phi) is 8.20. The summed E-state index contributed by atoms with van der Waals surface area (Å²) >= 11 is 0.845. The van der Waals surface area contributed by atoms with Crippen molar-refractivity contribution in [2.24, 2.45) is 11.8 Å². The van der Waals surface area contributed by atoms with Crippen molar-refractivity contribution in [2.75, 3.05) is 0 Å². The second kappa shape index (κ2) is 10.6. The van der Waals surface area contributed by atoms with Crippen LogP contribution in [0.4, 0.5) is 8.78 Å². The fourth-order valence-corrected chi connectivity index (χ4v) is 5.94. The van der Waals surface area contributed by atoms with E-state index in [2.05, 4.69) is 43.4 Å². The minimum Gasteiger partial charge on any atom is -0.198 e. The summed E-state index contributed by atoms with van der Waals surface area (Å²) in [5.74, 6) is -1.02. The smallest absolute Gasteiger partial charge is 0.198 e. The van der Waals surface area contributed by atoms with Gasteiger partial charge in [0.2, 0.25) is 0 Å². The van der Waals surface area contributed by atoms with E-state index in [0.29, 0.717) is 5.92 Å². The van der Waals surface area contributed by atoms with Crippen molar-refractivity contribution < 1.29 is 8.78 Å². The van der Waals surface area contributed by atoms with Gasteiger partial charge >= 0.3 is 0 Å². The molecule has 0 heterocycles. The van der Waals surface area contributed by atoms with Crippen molar-refractivity contribution in [3.8, 4) is 0 Å². The fraction of sp³-hybridized carbons (Fsp3) is 0.600. The molecular weight excluding hydrogens is 370 g/mol. The first kappa shape index (κ1) is 21.6. The molecule has 0 amide bonds. The van der Waals surface area contributed by atoms with E-state index in [1.165, 1.54) is 50.5 Å². The van der Waals surface area contributed by atoms with Crippen LogP contribution in [0.5, 0.6) is 0 Å². The molecule has 1 aromatic rings. The van der Waals surface area contributed by atoms with E-state index in [1.54, 1.807) is 0 Å². The van der Waals surface area contributed by atoms with Crippen LogP contribution in [0.1, 0.15) is 76.2 Å². The van der Waals surface area contributed by atoms with Gasteiger partial charge in [-0.15, -0.1) is 0 Å². The molecule has 2 aliphatic rings. The fourth-order valence-electron chi connectivity index (χ4n) is 4.89. The molecule has 0 bridgehead atoms. The Hall–Kier alpha value is -1.09. The van der Waals surface area contributed by atoms with E-state index >= 15 is 0 Å². The number of rotatable bonds is 9. The third kappa shape index (κ3) is 5.72. The van der Waals surface area contributed by atoms with Gasteiger partial charge < -0.3 is 0 Å². The first-order valence-corrected chi connectivity index (χ1v) is 11.9. The van der Waals surface area contributed by atoms with E-state index in [1.807, 2.05) is 18.2 Å². The topological polar surface area (TPSA) is 0 Å². The lowest BCUT2D eigenvalue weighted by Crippen LogP contribution is -2.36. The van der Waals surface area contributed by atoms with Crippen LogP contribution in [0.2, 0.25) is 0 Å². The van der Waals surface area contributed by atoms with Crippen molar-refractivity contribution in [3.05, 3.63) is 60.2 Å². The van der Waals surface area contributed by atoms with Crippen LogP contribution in [0, 0.1) is 11.8 Å². The summed E-state index contributed by atoms with van der Waals surface area (Å²) in [5, 5.41) is 0. The van der Waals surface area contributed by atoms with Crippen LogP contribution in [-0.4, -0.2) is 10.5 Å². The van der Waals surface area contributed by atoms with E-state index in [9.17, 15) is 8.78 Å². The Morgan fingerprint density at radius 1 is 0.964 bits per heavy atom. The predicted molar refractivity (Wildman–Crippen MR) is 118 cm³/mol. The monoisotopic (exact) mass is 404 g/mol. The molecule has 0 unspecified atom stereocenters. The van der Waals surface area contributed by atoms with Crippen molar-refractivity contribution in [1.82, 2.24) is 0 Å². The van der Waals surface area contributed by atoms with Gasteiger partial charge in [-0.1, -0.05) is 118 Å². The first-order valence-electron chi connectivity index (χ1n) is 11.0. The van der Waals surface area contributed by atoms with Crippen molar-refractivity contribution >= 4 is 11.8 Å². The third-order valence-corrected chi connectivity index (χ3v) is 7.75. The quantitative estimate of drug-likeness (QED) is 0.294. The average Bonchev–Trinajstić information content (AvgIpc) is 2.72. The lowest BCUT2D eigenvalue weighted by atomic mass is 9.72. The summed E-state index contributed by atoms with van der Waals surface area (Å²) in [6.07, 6.45) is 19.6. The van der Waals surface area contributed by atoms with Gasteiger partial charge in [0.25, 0.3) is 5.76 Å². The number of hydrogen-bond acceptors (Lipinski definition) is 1. The summed E-state index contributed by atoms with van der Waals surface area (Å²) in [5.41, 5.74) is 1.22. The Labute approximate surface area is 173 Å². The van der Waals surface area contributed by atoms with Crippen LogP contribution in [0.25, 0.3) is 0 Å². The molecule has 1 saturated carbocycles. The zero-order valence-electron chi connectivity index (χ0n) is 17.0. The van der Waals surface area contributed by atoms with Crippen molar-refractivity contribution in [1.29, 1.82) is 0 Å². The second-order valence-electron chi connectivity index (χ2n) is 8.45. The van der Waals surface area contributed by atoms with Gasteiger partial charge in [-0.3, -0.25) is 0 Å². The standard InChI is InChI=1S/C25H34F2S/c1-2-3-4-6-9-20-12-14-23(15-13-20)25(28-24(26)27)18-16-22(17-19-25)21-10-7-5-8-11-21/h5,7-8,10-11,16-20,22-24H,2-4,6,9,12-15H2,1H3. The Balaban J connectivity index is 1.61. The molecule has 1 aromatic carbocycles. The molecule has 0 spiro atoms. The number of halogens is 2. The summed E-state index contributed by atoms with van der Waals surface area (Å²) in [7, 11) is 0. The van der Waals surface area contributed by atoms with Gasteiger partial charge in [0.15, 0.2) is 0 Å². The molecule has 0 N–H and O–H groups in total. The van der Waals surface area contributed by atoms with E-state index < -0.39 is 10.5 Å². The average molecular weight is 405 g/mol. The van der Waals surface area contributed by atoms with Gasteiger partial charge in [-0.05, 0) is 30.2 Å². The maximum Gasteiger partial charge on any atom is 0.285 e. The molecule has 0 atom stereocenters. The summed E-state index contributed by atoms with van der Waals surface area (Å²) < 4.78 is 26.4. The minimum atomic E-state index is -2.34. The molecule has 0 radical (unpaired) electrons. The predicted octanol–water partition coefficient (Wildman–Crippen LogP) is 8.37. The van der Waals surface area contributed by atoms with Gasteiger partial charge in [0, 0.05) is 5.92 Å². The highest BCUT2D eigenvalue weighted by Gasteiger charge is 2.41. The Morgan fingerprint density at radius 2 is 1.64 bits per heavy atom. The highest BCUT2D eigenvalue weighted by molar-refractivity contribution is 8.01. The molecule has 2 aliphatic carbocycles. The third-order valence-electron chi connectivity index (χ3n) is 6.56. The van der Waals surface area contributed by atoms with Crippen LogP contribution >= 0.6 is 11.8 Å². The van der Waals surface area contributed by atoms with Gasteiger partial charge in [0.05, 0.1) is 4.75 Å². The van der Waals surface area contributed by atoms with Gasteiger partial charge in [-0.25, -0.2) is 0 Å². The number of thioether (sulfide) groups is 1. The number of hydrogen-bond donors (Lipinski definition) is 0.